The standard InChI is InChI=1S/C16H26ClNO2/c1-12(2)5-4-8-18-10-14(19)11-20-15-6-7-16(17)13(3)9-15/h6-7,9,12,14,18-19H,4-5,8,10-11H2,1-3H3. The van der Waals surface area contributed by atoms with Crippen molar-refractivity contribution in [1.29, 1.82) is 0 Å². The van der Waals surface area contributed by atoms with E-state index < -0.39 is 6.10 Å². The SMILES string of the molecule is Cc1cc(OCC(O)CNCCCC(C)C)ccc1Cl. The minimum Gasteiger partial charge on any atom is -0.491 e. The van der Waals surface area contributed by atoms with Crippen molar-refractivity contribution in [3.8, 4) is 5.75 Å². The molecule has 0 amide bonds. The summed E-state index contributed by atoms with van der Waals surface area (Å²) in [5, 5.41) is 13.8. The summed E-state index contributed by atoms with van der Waals surface area (Å²) in [6, 6.07) is 5.51. The molecule has 0 aliphatic carbocycles. The Balaban J connectivity index is 2.16. The molecular formula is C16H26ClNO2. The van der Waals surface area contributed by atoms with E-state index in [2.05, 4.69) is 19.2 Å². The zero-order valence-corrected chi connectivity index (χ0v) is 13.4. The summed E-state index contributed by atoms with van der Waals surface area (Å²) in [6.45, 7) is 8.16. The number of hydrogen-bond donors (Lipinski definition) is 2. The molecule has 114 valence electrons. The lowest BCUT2D eigenvalue weighted by Gasteiger charge is -2.14. The molecule has 20 heavy (non-hydrogen) atoms. The van der Waals surface area contributed by atoms with Gasteiger partial charge in [-0.25, -0.2) is 0 Å². The molecule has 0 heterocycles. The molecule has 1 aromatic rings. The topological polar surface area (TPSA) is 41.5 Å². The van der Waals surface area contributed by atoms with Crippen LogP contribution >= 0.6 is 11.6 Å². The highest BCUT2D eigenvalue weighted by atomic mass is 35.5. The molecule has 0 aliphatic rings. The molecule has 0 fully saturated rings. The molecule has 0 bridgehead atoms. The van der Waals surface area contributed by atoms with E-state index in [4.69, 9.17) is 16.3 Å². The van der Waals surface area contributed by atoms with Crippen molar-refractivity contribution < 1.29 is 9.84 Å². The first-order valence-electron chi connectivity index (χ1n) is 7.26. The number of rotatable bonds is 9. The minimum absolute atomic E-state index is 0.290. The van der Waals surface area contributed by atoms with Crippen LogP contribution in [0.5, 0.6) is 5.75 Å². The van der Waals surface area contributed by atoms with E-state index in [1.54, 1.807) is 0 Å². The van der Waals surface area contributed by atoms with Crippen molar-refractivity contribution in [1.82, 2.24) is 5.32 Å². The fourth-order valence-corrected chi connectivity index (χ4v) is 1.98. The van der Waals surface area contributed by atoms with Gasteiger partial charge in [0.15, 0.2) is 0 Å². The third-order valence-electron chi connectivity index (χ3n) is 3.09. The lowest BCUT2D eigenvalue weighted by molar-refractivity contribution is 0.106. The van der Waals surface area contributed by atoms with Gasteiger partial charge in [-0.3, -0.25) is 0 Å². The molecule has 1 aromatic carbocycles. The van der Waals surface area contributed by atoms with Crippen LogP contribution in [0.4, 0.5) is 0 Å². The molecular weight excluding hydrogens is 274 g/mol. The van der Waals surface area contributed by atoms with Crippen LogP contribution in [0.25, 0.3) is 0 Å². The van der Waals surface area contributed by atoms with Gasteiger partial charge in [0.05, 0.1) is 0 Å². The summed E-state index contributed by atoms with van der Waals surface area (Å²) >= 11 is 5.95. The third kappa shape index (κ3) is 7.13. The number of aliphatic hydroxyl groups excluding tert-OH is 1. The summed E-state index contributed by atoms with van der Waals surface area (Å²) in [7, 11) is 0. The van der Waals surface area contributed by atoms with Crippen LogP contribution in [0, 0.1) is 12.8 Å². The van der Waals surface area contributed by atoms with Crippen molar-refractivity contribution in [3.05, 3.63) is 28.8 Å². The molecule has 0 saturated heterocycles. The highest BCUT2D eigenvalue weighted by Gasteiger charge is 2.06. The normalized spacial score (nSPS) is 12.7. The third-order valence-corrected chi connectivity index (χ3v) is 3.51. The highest BCUT2D eigenvalue weighted by molar-refractivity contribution is 6.31. The predicted molar refractivity (Wildman–Crippen MR) is 84.6 cm³/mol. The lowest BCUT2D eigenvalue weighted by atomic mass is 10.1. The molecule has 2 N–H and O–H groups in total. The quantitative estimate of drug-likeness (QED) is 0.687. The number of halogens is 1. The smallest absolute Gasteiger partial charge is 0.119 e. The number of benzene rings is 1. The second kappa shape index (κ2) is 9.22. The maximum atomic E-state index is 9.83. The van der Waals surface area contributed by atoms with Crippen LogP contribution < -0.4 is 10.1 Å². The van der Waals surface area contributed by atoms with Gasteiger partial charge in [0.25, 0.3) is 0 Å². The number of aryl methyl sites for hydroxylation is 1. The average molecular weight is 300 g/mol. The van der Waals surface area contributed by atoms with Crippen molar-refractivity contribution in [3.63, 3.8) is 0 Å². The molecule has 1 unspecified atom stereocenters. The zero-order valence-electron chi connectivity index (χ0n) is 12.7. The maximum Gasteiger partial charge on any atom is 0.119 e. The molecule has 0 spiro atoms. The highest BCUT2D eigenvalue weighted by Crippen LogP contribution is 2.21. The second-order valence-electron chi connectivity index (χ2n) is 5.62. The lowest BCUT2D eigenvalue weighted by Crippen LogP contribution is -2.32. The van der Waals surface area contributed by atoms with Gasteiger partial charge < -0.3 is 15.2 Å². The zero-order chi connectivity index (χ0) is 15.0. The number of nitrogens with one attached hydrogen (secondary N) is 1. The van der Waals surface area contributed by atoms with Gasteiger partial charge in [-0.1, -0.05) is 25.4 Å². The Kier molecular flexibility index (Phi) is 7.97. The Bertz CT molecular complexity index is 396. The molecule has 0 aromatic heterocycles. The Hall–Kier alpha value is -0.770. The number of ether oxygens (including phenoxy) is 1. The van der Waals surface area contributed by atoms with E-state index in [0.717, 1.165) is 35.2 Å². The van der Waals surface area contributed by atoms with E-state index >= 15 is 0 Å². The summed E-state index contributed by atoms with van der Waals surface area (Å²) < 4.78 is 5.55. The second-order valence-corrected chi connectivity index (χ2v) is 6.02. The van der Waals surface area contributed by atoms with Gasteiger partial charge in [-0.15, -0.1) is 0 Å². The first kappa shape index (κ1) is 17.3. The number of aliphatic hydroxyl groups is 1. The molecule has 4 heteroatoms. The fraction of sp³-hybridized carbons (Fsp3) is 0.625. The van der Waals surface area contributed by atoms with Gasteiger partial charge in [0, 0.05) is 11.6 Å². The van der Waals surface area contributed by atoms with Crippen molar-refractivity contribution >= 4 is 11.6 Å². The average Bonchev–Trinajstić information content (AvgIpc) is 2.39. The monoisotopic (exact) mass is 299 g/mol. The first-order chi connectivity index (χ1) is 9.49. The van der Waals surface area contributed by atoms with E-state index in [0.29, 0.717) is 6.54 Å². The Morgan fingerprint density at radius 3 is 2.75 bits per heavy atom. The van der Waals surface area contributed by atoms with Crippen LogP contribution in [0.2, 0.25) is 5.02 Å². The van der Waals surface area contributed by atoms with Crippen LogP contribution in [0.15, 0.2) is 18.2 Å². The molecule has 3 nitrogen and oxygen atoms in total. The Morgan fingerprint density at radius 1 is 1.35 bits per heavy atom. The molecule has 0 saturated carbocycles. The van der Waals surface area contributed by atoms with E-state index in [9.17, 15) is 5.11 Å². The van der Waals surface area contributed by atoms with E-state index in [1.165, 1.54) is 6.42 Å². The number of hydrogen-bond acceptors (Lipinski definition) is 3. The fourth-order valence-electron chi connectivity index (χ4n) is 1.86. The van der Waals surface area contributed by atoms with E-state index in [1.807, 2.05) is 25.1 Å². The summed E-state index contributed by atoms with van der Waals surface area (Å²) in [4.78, 5) is 0. The van der Waals surface area contributed by atoms with Gasteiger partial charge in [0.1, 0.15) is 18.5 Å². The van der Waals surface area contributed by atoms with Gasteiger partial charge in [-0.05, 0) is 56.0 Å². The molecule has 1 atom stereocenters. The van der Waals surface area contributed by atoms with Crippen molar-refractivity contribution in [2.45, 2.75) is 39.7 Å². The Labute approximate surface area is 127 Å². The molecule has 0 radical (unpaired) electrons. The van der Waals surface area contributed by atoms with Crippen molar-refractivity contribution in [2.75, 3.05) is 19.7 Å². The van der Waals surface area contributed by atoms with Crippen LogP contribution in [0.1, 0.15) is 32.3 Å². The largest absolute Gasteiger partial charge is 0.491 e. The van der Waals surface area contributed by atoms with Crippen LogP contribution in [0.3, 0.4) is 0 Å². The van der Waals surface area contributed by atoms with Crippen molar-refractivity contribution in [2.24, 2.45) is 5.92 Å². The van der Waals surface area contributed by atoms with Gasteiger partial charge >= 0.3 is 0 Å². The Morgan fingerprint density at radius 2 is 2.10 bits per heavy atom. The summed E-state index contributed by atoms with van der Waals surface area (Å²) in [5.41, 5.74) is 0.977. The van der Waals surface area contributed by atoms with Gasteiger partial charge in [-0.2, -0.15) is 0 Å². The van der Waals surface area contributed by atoms with Crippen LogP contribution in [-0.4, -0.2) is 30.9 Å². The van der Waals surface area contributed by atoms with Gasteiger partial charge in [0.2, 0.25) is 0 Å². The van der Waals surface area contributed by atoms with E-state index in [-0.39, 0.29) is 6.61 Å². The first-order valence-corrected chi connectivity index (χ1v) is 7.64. The summed E-state index contributed by atoms with van der Waals surface area (Å²) in [6.07, 6.45) is 1.86. The summed E-state index contributed by atoms with van der Waals surface area (Å²) in [5.74, 6) is 1.48. The minimum atomic E-state index is -0.495. The van der Waals surface area contributed by atoms with Crippen LogP contribution in [-0.2, 0) is 0 Å². The molecule has 0 aliphatic heterocycles. The molecule has 1 rings (SSSR count). The maximum absolute atomic E-state index is 9.83. The predicted octanol–water partition coefficient (Wildman–Crippen LogP) is 3.41.